The van der Waals surface area contributed by atoms with Crippen LogP contribution in [0, 0.1) is 17.8 Å². The average Bonchev–Trinajstić information content (AvgIpc) is 2.85. The van der Waals surface area contributed by atoms with Crippen molar-refractivity contribution in [1.82, 2.24) is 9.97 Å². The molecule has 1 heterocycles. The normalized spacial score (nSPS) is 39.6. The summed E-state index contributed by atoms with van der Waals surface area (Å²) in [5.74, 6) is 3.61. The molecule has 0 spiro atoms. The molecule has 0 aromatic carbocycles. The summed E-state index contributed by atoms with van der Waals surface area (Å²) >= 11 is 6.37. The molecule has 4 bridgehead atoms. The van der Waals surface area contributed by atoms with Gasteiger partial charge in [-0.1, -0.05) is 11.6 Å². The highest BCUT2D eigenvalue weighted by atomic mass is 35.5. The zero-order valence-corrected chi connectivity index (χ0v) is 13.1. The number of nitrogens with zero attached hydrogens (tertiary/aromatic N) is 2. The van der Waals surface area contributed by atoms with Crippen molar-refractivity contribution in [2.75, 3.05) is 5.32 Å². The molecule has 0 unspecified atom stereocenters. The Morgan fingerprint density at radius 3 is 2.29 bits per heavy atom. The standard InChI is InChI=1S/C17H22ClN3/c18-15-13-2-1-3-14(13)19-16(20-15)21-17-7-10-4-11(8-17)6-12(5-10)9-17/h10-12H,1-9H2,(H,19,20,21). The minimum absolute atomic E-state index is 0.269. The monoisotopic (exact) mass is 303 g/mol. The van der Waals surface area contributed by atoms with Crippen LogP contribution in [-0.2, 0) is 12.8 Å². The molecule has 5 aliphatic rings. The van der Waals surface area contributed by atoms with Crippen LogP contribution in [0.15, 0.2) is 0 Å². The topological polar surface area (TPSA) is 37.8 Å². The van der Waals surface area contributed by atoms with E-state index in [4.69, 9.17) is 16.6 Å². The lowest BCUT2D eigenvalue weighted by Crippen LogP contribution is -2.55. The maximum Gasteiger partial charge on any atom is 0.224 e. The van der Waals surface area contributed by atoms with Crippen molar-refractivity contribution >= 4 is 17.5 Å². The molecule has 0 atom stereocenters. The summed E-state index contributed by atoms with van der Waals surface area (Å²) in [7, 11) is 0. The minimum Gasteiger partial charge on any atom is -0.349 e. The quantitative estimate of drug-likeness (QED) is 0.839. The van der Waals surface area contributed by atoms with Gasteiger partial charge in [-0.3, -0.25) is 0 Å². The molecule has 6 rings (SSSR count). The van der Waals surface area contributed by atoms with Gasteiger partial charge in [-0.15, -0.1) is 0 Å². The van der Waals surface area contributed by atoms with Gasteiger partial charge in [0.2, 0.25) is 5.95 Å². The van der Waals surface area contributed by atoms with E-state index in [0.29, 0.717) is 5.15 Å². The Labute approximate surface area is 130 Å². The van der Waals surface area contributed by atoms with Crippen LogP contribution in [0.3, 0.4) is 0 Å². The van der Waals surface area contributed by atoms with Crippen LogP contribution in [-0.4, -0.2) is 15.5 Å². The molecule has 4 heteroatoms. The van der Waals surface area contributed by atoms with Gasteiger partial charge < -0.3 is 5.32 Å². The summed E-state index contributed by atoms with van der Waals surface area (Å²) in [5.41, 5.74) is 2.64. The van der Waals surface area contributed by atoms with Crippen molar-refractivity contribution in [1.29, 1.82) is 0 Å². The predicted molar refractivity (Wildman–Crippen MR) is 83.6 cm³/mol. The van der Waals surface area contributed by atoms with Gasteiger partial charge in [-0.2, -0.15) is 0 Å². The first-order valence-corrected chi connectivity index (χ1v) is 8.90. The molecule has 4 saturated carbocycles. The van der Waals surface area contributed by atoms with Crippen molar-refractivity contribution in [2.45, 2.75) is 63.3 Å². The molecule has 0 amide bonds. The second-order valence-electron chi connectivity index (χ2n) is 7.94. The fraction of sp³-hybridized carbons (Fsp3) is 0.765. The molecule has 1 N–H and O–H groups in total. The van der Waals surface area contributed by atoms with Gasteiger partial charge in [0.05, 0.1) is 5.69 Å². The molecular weight excluding hydrogens is 282 g/mol. The number of rotatable bonds is 2. The van der Waals surface area contributed by atoms with Crippen molar-refractivity contribution in [3.05, 3.63) is 16.4 Å². The Bertz CT molecular complexity index is 563. The lowest BCUT2D eigenvalue weighted by Gasteiger charge is -2.56. The molecule has 4 fully saturated rings. The predicted octanol–water partition coefficient (Wildman–Crippen LogP) is 4.00. The summed E-state index contributed by atoms with van der Waals surface area (Å²) in [5, 5.41) is 4.44. The fourth-order valence-corrected chi connectivity index (χ4v) is 6.23. The van der Waals surface area contributed by atoms with Gasteiger partial charge in [0.25, 0.3) is 0 Å². The Hall–Kier alpha value is -0.830. The number of aryl methyl sites for hydroxylation is 1. The van der Waals surface area contributed by atoms with Gasteiger partial charge in [0, 0.05) is 11.1 Å². The lowest BCUT2D eigenvalue weighted by molar-refractivity contribution is 0.0103. The molecule has 0 radical (unpaired) electrons. The number of hydrogen-bond donors (Lipinski definition) is 1. The number of anilines is 1. The maximum atomic E-state index is 6.37. The largest absolute Gasteiger partial charge is 0.349 e. The number of fused-ring (bicyclic) bond motifs is 1. The number of halogens is 1. The molecule has 0 aliphatic heterocycles. The zero-order valence-electron chi connectivity index (χ0n) is 12.4. The maximum absolute atomic E-state index is 6.37. The van der Waals surface area contributed by atoms with Crippen LogP contribution < -0.4 is 5.32 Å². The average molecular weight is 304 g/mol. The molecule has 112 valence electrons. The first kappa shape index (κ1) is 12.7. The third kappa shape index (κ3) is 2.00. The molecular formula is C17H22ClN3. The van der Waals surface area contributed by atoms with E-state index in [1.54, 1.807) is 0 Å². The van der Waals surface area contributed by atoms with Crippen LogP contribution in [0.4, 0.5) is 5.95 Å². The van der Waals surface area contributed by atoms with Crippen molar-refractivity contribution in [3.63, 3.8) is 0 Å². The third-order valence-electron chi connectivity index (χ3n) is 6.30. The highest BCUT2D eigenvalue weighted by molar-refractivity contribution is 6.30. The minimum atomic E-state index is 0.269. The summed E-state index contributed by atoms with van der Waals surface area (Å²) in [6, 6.07) is 0. The Morgan fingerprint density at radius 2 is 1.62 bits per heavy atom. The van der Waals surface area contributed by atoms with E-state index in [9.17, 15) is 0 Å². The van der Waals surface area contributed by atoms with E-state index < -0.39 is 0 Å². The Morgan fingerprint density at radius 1 is 0.952 bits per heavy atom. The van der Waals surface area contributed by atoms with Crippen LogP contribution in [0.1, 0.15) is 56.2 Å². The third-order valence-corrected chi connectivity index (χ3v) is 6.61. The molecule has 0 saturated heterocycles. The van der Waals surface area contributed by atoms with E-state index in [2.05, 4.69) is 10.3 Å². The van der Waals surface area contributed by atoms with E-state index in [0.717, 1.165) is 36.5 Å². The summed E-state index contributed by atoms with van der Waals surface area (Å²) in [4.78, 5) is 9.35. The van der Waals surface area contributed by atoms with E-state index >= 15 is 0 Å². The van der Waals surface area contributed by atoms with E-state index in [1.807, 2.05) is 0 Å². The molecule has 5 aliphatic carbocycles. The van der Waals surface area contributed by atoms with Crippen LogP contribution in [0.5, 0.6) is 0 Å². The molecule has 1 aromatic heterocycles. The number of nitrogens with one attached hydrogen (secondary N) is 1. The first-order chi connectivity index (χ1) is 10.2. The first-order valence-electron chi connectivity index (χ1n) is 8.53. The Kier molecular flexibility index (Phi) is 2.62. The lowest BCUT2D eigenvalue weighted by atomic mass is 9.53. The van der Waals surface area contributed by atoms with Crippen molar-refractivity contribution in [2.24, 2.45) is 17.8 Å². The van der Waals surface area contributed by atoms with Crippen LogP contribution in [0.2, 0.25) is 5.15 Å². The van der Waals surface area contributed by atoms with Crippen LogP contribution in [0.25, 0.3) is 0 Å². The fourth-order valence-electron chi connectivity index (χ4n) is 5.94. The van der Waals surface area contributed by atoms with Gasteiger partial charge in [-0.05, 0) is 75.5 Å². The second-order valence-corrected chi connectivity index (χ2v) is 8.30. The van der Waals surface area contributed by atoms with E-state index in [-0.39, 0.29) is 5.54 Å². The van der Waals surface area contributed by atoms with Gasteiger partial charge in [0.15, 0.2) is 0 Å². The van der Waals surface area contributed by atoms with Crippen LogP contribution >= 0.6 is 11.6 Å². The highest BCUT2D eigenvalue weighted by Gasteiger charge is 2.51. The number of aromatic nitrogens is 2. The molecule has 1 aromatic rings. The van der Waals surface area contributed by atoms with E-state index in [1.165, 1.54) is 56.2 Å². The Balaban J connectivity index is 1.46. The van der Waals surface area contributed by atoms with Gasteiger partial charge in [-0.25, -0.2) is 9.97 Å². The SMILES string of the molecule is Clc1nc(NC23CC4CC(CC(C4)C2)C3)nc2c1CCC2. The van der Waals surface area contributed by atoms with Gasteiger partial charge >= 0.3 is 0 Å². The van der Waals surface area contributed by atoms with Crippen molar-refractivity contribution in [3.8, 4) is 0 Å². The molecule has 21 heavy (non-hydrogen) atoms. The second kappa shape index (κ2) is 4.34. The zero-order chi connectivity index (χ0) is 14.0. The smallest absolute Gasteiger partial charge is 0.224 e. The molecule has 3 nitrogen and oxygen atoms in total. The number of hydrogen-bond acceptors (Lipinski definition) is 3. The summed E-state index contributed by atoms with van der Waals surface area (Å²) < 4.78 is 0. The summed E-state index contributed by atoms with van der Waals surface area (Å²) in [6.07, 6.45) is 11.6. The van der Waals surface area contributed by atoms with Gasteiger partial charge in [0.1, 0.15) is 5.15 Å². The highest BCUT2D eigenvalue weighted by Crippen LogP contribution is 2.56. The van der Waals surface area contributed by atoms with Crippen molar-refractivity contribution < 1.29 is 0 Å². The summed E-state index contributed by atoms with van der Waals surface area (Å²) in [6.45, 7) is 0.